The molecule has 0 spiro atoms. The Bertz CT molecular complexity index is 112. The van der Waals surface area contributed by atoms with Crippen molar-refractivity contribution < 1.29 is 5.11 Å². The Morgan fingerprint density at radius 3 is 2.30 bits per heavy atom. The molecule has 0 aromatic rings. The highest BCUT2D eigenvalue weighted by molar-refractivity contribution is 5.85. The molecule has 60 valence electrons. The number of aliphatic hydroxyl groups excluding tert-OH is 1. The third-order valence-corrected chi connectivity index (χ3v) is 2.59. The van der Waals surface area contributed by atoms with Crippen molar-refractivity contribution in [2.75, 3.05) is 6.54 Å². The Labute approximate surface area is 67.4 Å². The molecule has 2 nitrogen and oxygen atoms in total. The van der Waals surface area contributed by atoms with E-state index in [-0.39, 0.29) is 18.5 Å². The average Bonchev–Trinajstić information content (AvgIpc) is 1.90. The molecule has 0 aromatic carbocycles. The molecule has 2 saturated heterocycles. The molecule has 2 aliphatic heterocycles. The van der Waals surface area contributed by atoms with E-state index in [1.807, 2.05) is 0 Å². The summed E-state index contributed by atoms with van der Waals surface area (Å²) in [7, 11) is 0. The summed E-state index contributed by atoms with van der Waals surface area (Å²) in [6.07, 6.45) is 3.51. The lowest BCUT2D eigenvalue weighted by atomic mass is 9.80. The minimum atomic E-state index is -0.0440. The third-order valence-electron chi connectivity index (χ3n) is 2.59. The number of hydrogen-bond acceptors (Lipinski definition) is 2. The molecule has 1 unspecified atom stereocenters. The van der Waals surface area contributed by atoms with E-state index in [2.05, 4.69) is 5.32 Å². The number of piperidine rings is 2. The Hall–Kier alpha value is 0.210. The molecule has 3 atom stereocenters. The molecule has 2 N–H and O–H groups in total. The summed E-state index contributed by atoms with van der Waals surface area (Å²) in [6.45, 7) is 1.14. The van der Waals surface area contributed by atoms with Gasteiger partial charge >= 0.3 is 0 Å². The SMILES string of the molecule is Cl.OC1C[C@H]2CC[C@@H]1NC2. The van der Waals surface area contributed by atoms with Crippen molar-refractivity contribution >= 4 is 12.4 Å². The summed E-state index contributed by atoms with van der Waals surface area (Å²) < 4.78 is 0. The largest absolute Gasteiger partial charge is 0.391 e. The van der Waals surface area contributed by atoms with Gasteiger partial charge in [-0.2, -0.15) is 0 Å². The fourth-order valence-electron chi connectivity index (χ4n) is 1.97. The lowest BCUT2D eigenvalue weighted by Crippen LogP contribution is -2.52. The normalized spacial score (nSPS) is 44.7. The van der Waals surface area contributed by atoms with Crippen LogP contribution < -0.4 is 5.32 Å². The van der Waals surface area contributed by atoms with Crippen LogP contribution in [-0.4, -0.2) is 23.8 Å². The first-order valence-electron chi connectivity index (χ1n) is 3.78. The van der Waals surface area contributed by atoms with Crippen LogP contribution in [0.15, 0.2) is 0 Å². The van der Waals surface area contributed by atoms with E-state index >= 15 is 0 Å². The summed E-state index contributed by atoms with van der Waals surface area (Å²) in [5.41, 5.74) is 0. The number of fused-ring (bicyclic) bond motifs is 3. The molecule has 1 aliphatic carbocycles. The minimum Gasteiger partial charge on any atom is -0.391 e. The van der Waals surface area contributed by atoms with Crippen LogP contribution in [0.5, 0.6) is 0 Å². The molecule has 0 radical (unpaired) electrons. The zero-order valence-electron chi connectivity index (χ0n) is 5.92. The zero-order valence-corrected chi connectivity index (χ0v) is 6.73. The van der Waals surface area contributed by atoms with Gasteiger partial charge < -0.3 is 10.4 Å². The second kappa shape index (κ2) is 3.07. The van der Waals surface area contributed by atoms with Crippen molar-refractivity contribution in [3.63, 3.8) is 0 Å². The van der Waals surface area contributed by atoms with E-state index in [9.17, 15) is 5.11 Å². The van der Waals surface area contributed by atoms with Gasteiger partial charge in [0.15, 0.2) is 0 Å². The molecule has 0 amide bonds. The Morgan fingerprint density at radius 2 is 2.10 bits per heavy atom. The molecule has 2 heterocycles. The van der Waals surface area contributed by atoms with E-state index < -0.39 is 0 Å². The molecule has 3 fully saturated rings. The average molecular weight is 164 g/mol. The first kappa shape index (κ1) is 8.31. The van der Waals surface area contributed by atoms with Crippen molar-refractivity contribution in [2.24, 2.45) is 5.92 Å². The Kier molecular flexibility index (Phi) is 2.55. The van der Waals surface area contributed by atoms with Crippen LogP contribution in [0.2, 0.25) is 0 Å². The fraction of sp³-hybridized carbons (Fsp3) is 1.00. The van der Waals surface area contributed by atoms with Gasteiger partial charge in [-0.05, 0) is 31.7 Å². The van der Waals surface area contributed by atoms with Gasteiger partial charge in [0, 0.05) is 6.04 Å². The van der Waals surface area contributed by atoms with Crippen molar-refractivity contribution in [1.82, 2.24) is 5.32 Å². The van der Waals surface area contributed by atoms with Crippen LogP contribution in [0.3, 0.4) is 0 Å². The molecule has 3 aliphatic rings. The van der Waals surface area contributed by atoms with Crippen molar-refractivity contribution in [3.8, 4) is 0 Å². The fourth-order valence-corrected chi connectivity index (χ4v) is 1.97. The molecule has 3 rings (SSSR count). The van der Waals surface area contributed by atoms with Crippen molar-refractivity contribution in [2.45, 2.75) is 31.4 Å². The zero-order chi connectivity index (χ0) is 6.27. The van der Waals surface area contributed by atoms with E-state index in [0.29, 0.717) is 6.04 Å². The molecular weight excluding hydrogens is 150 g/mol. The second-order valence-corrected chi connectivity index (χ2v) is 3.26. The summed E-state index contributed by atoms with van der Waals surface area (Å²) in [6, 6.07) is 0.426. The molecule has 2 bridgehead atoms. The van der Waals surface area contributed by atoms with Gasteiger partial charge in [0.05, 0.1) is 6.10 Å². The molecular formula is C7H14ClNO. The van der Waals surface area contributed by atoms with E-state index in [1.165, 1.54) is 12.8 Å². The molecule has 10 heavy (non-hydrogen) atoms. The van der Waals surface area contributed by atoms with Crippen LogP contribution in [0, 0.1) is 5.92 Å². The van der Waals surface area contributed by atoms with Crippen molar-refractivity contribution in [1.29, 1.82) is 0 Å². The Morgan fingerprint density at radius 1 is 1.30 bits per heavy atom. The number of halogens is 1. The third kappa shape index (κ3) is 1.29. The molecule has 3 heteroatoms. The number of rotatable bonds is 0. The lowest BCUT2D eigenvalue weighted by Gasteiger charge is -2.40. The van der Waals surface area contributed by atoms with Crippen LogP contribution in [0.1, 0.15) is 19.3 Å². The van der Waals surface area contributed by atoms with Gasteiger partial charge in [0.25, 0.3) is 0 Å². The molecule has 1 saturated carbocycles. The maximum absolute atomic E-state index is 9.34. The van der Waals surface area contributed by atoms with Crippen LogP contribution >= 0.6 is 12.4 Å². The van der Waals surface area contributed by atoms with Gasteiger partial charge in [0.1, 0.15) is 0 Å². The highest BCUT2D eigenvalue weighted by Crippen LogP contribution is 2.28. The smallest absolute Gasteiger partial charge is 0.0696 e. The number of aliphatic hydroxyl groups is 1. The first-order valence-corrected chi connectivity index (χ1v) is 3.78. The van der Waals surface area contributed by atoms with E-state index in [4.69, 9.17) is 0 Å². The quantitative estimate of drug-likeness (QED) is 0.547. The summed E-state index contributed by atoms with van der Waals surface area (Å²) in [5.74, 6) is 0.769. The van der Waals surface area contributed by atoms with Gasteiger partial charge in [-0.3, -0.25) is 0 Å². The predicted octanol–water partition coefficient (Wildman–Crippen LogP) is 0.541. The number of hydrogen-bond donors (Lipinski definition) is 2. The topological polar surface area (TPSA) is 32.3 Å². The monoisotopic (exact) mass is 163 g/mol. The van der Waals surface area contributed by atoms with Crippen LogP contribution in [0.4, 0.5) is 0 Å². The van der Waals surface area contributed by atoms with Crippen LogP contribution in [-0.2, 0) is 0 Å². The van der Waals surface area contributed by atoms with Crippen molar-refractivity contribution in [3.05, 3.63) is 0 Å². The summed E-state index contributed by atoms with van der Waals surface area (Å²) in [4.78, 5) is 0. The highest BCUT2D eigenvalue weighted by Gasteiger charge is 2.33. The summed E-state index contributed by atoms with van der Waals surface area (Å²) in [5, 5.41) is 12.7. The maximum atomic E-state index is 9.34. The van der Waals surface area contributed by atoms with Gasteiger partial charge in [-0.1, -0.05) is 0 Å². The first-order chi connectivity index (χ1) is 4.36. The minimum absolute atomic E-state index is 0. The van der Waals surface area contributed by atoms with Gasteiger partial charge in [0.2, 0.25) is 0 Å². The summed E-state index contributed by atoms with van der Waals surface area (Å²) >= 11 is 0. The second-order valence-electron chi connectivity index (χ2n) is 3.26. The standard InChI is InChI=1S/C7H13NO.ClH/c9-7-3-5-1-2-6(7)8-4-5;/h5-9H,1-4H2;1H/t5-,6+,7?;/m1./s1. The lowest BCUT2D eigenvalue weighted by molar-refractivity contribution is 0.0316. The maximum Gasteiger partial charge on any atom is 0.0696 e. The Balaban J connectivity index is 0.000000500. The highest BCUT2D eigenvalue weighted by atomic mass is 35.5. The van der Waals surface area contributed by atoms with E-state index in [1.54, 1.807) is 0 Å². The van der Waals surface area contributed by atoms with Gasteiger partial charge in [-0.15, -0.1) is 12.4 Å². The van der Waals surface area contributed by atoms with Gasteiger partial charge in [-0.25, -0.2) is 0 Å². The van der Waals surface area contributed by atoms with E-state index in [0.717, 1.165) is 18.9 Å². The number of nitrogens with one attached hydrogen (secondary N) is 1. The molecule has 0 aromatic heterocycles. The predicted molar refractivity (Wildman–Crippen MR) is 42.4 cm³/mol. The van der Waals surface area contributed by atoms with Crippen LogP contribution in [0.25, 0.3) is 0 Å².